The Labute approximate surface area is 399 Å². The fourth-order valence-electron chi connectivity index (χ4n) is 9.21. The first-order valence-corrected chi connectivity index (χ1v) is 24.8. The Bertz CT molecular complexity index is 3600. The molecule has 4 aromatic heterocycles. The number of thiophene rings is 2. The van der Waals surface area contributed by atoms with E-state index in [1.54, 1.807) is 40.9 Å². The quantitative estimate of drug-likeness (QED) is 0.167. The van der Waals surface area contributed by atoms with E-state index in [4.69, 9.17) is 23.2 Å². The van der Waals surface area contributed by atoms with E-state index in [-0.39, 0.29) is 31.3 Å². The van der Waals surface area contributed by atoms with Gasteiger partial charge in [-0.25, -0.2) is 0 Å². The molecule has 4 nitrogen and oxygen atoms in total. The minimum atomic E-state index is -1.29. The number of hydrogen-bond acceptors (Lipinski definition) is 8. The fraction of sp³-hybridized carbons (Fsp3) is 0.0545. The number of aromatic hydroxyl groups is 2. The van der Waals surface area contributed by atoms with Crippen molar-refractivity contribution in [1.29, 1.82) is 0 Å². The van der Waals surface area contributed by atoms with Gasteiger partial charge in [-0.3, -0.25) is 9.59 Å². The Morgan fingerprint density at radius 1 is 0.446 bits per heavy atom. The third kappa shape index (κ3) is 6.74. The van der Waals surface area contributed by atoms with E-state index in [1.165, 1.54) is 0 Å². The van der Waals surface area contributed by atoms with Crippen molar-refractivity contribution >= 4 is 109 Å². The van der Waals surface area contributed by atoms with Gasteiger partial charge < -0.3 is 10.2 Å². The first-order chi connectivity index (χ1) is 31.6. The lowest BCUT2D eigenvalue weighted by molar-refractivity contribution is 0.473. The van der Waals surface area contributed by atoms with Gasteiger partial charge in [-0.2, -0.15) is 0 Å². The zero-order valence-corrected chi connectivity index (χ0v) is 39.4. The number of fused-ring (bicyclic) bond motifs is 4. The highest BCUT2D eigenvalue weighted by atomic mass is 35.5. The van der Waals surface area contributed by atoms with Crippen molar-refractivity contribution in [1.82, 2.24) is 0 Å². The van der Waals surface area contributed by atoms with Gasteiger partial charge in [0.2, 0.25) is 0 Å². The summed E-state index contributed by atoms with van der Waals surface area (Å²) >= 11 is 19.2. The molecule has 0 fully saturated rings. The van der Waals surface area contributed by atoms with Gasteiger partial charge in [0.25, 0.3) is 0 Å². The summed E-state index contributed by atoms with van der Waals surface area (Å²) in [6.45, 7) is 3.97. The molecule has 11 rings (SSSR count). The van der Waals surface area contributed by atoms with E-state index in [9.17, 15) is 10.2 Å². The third-order valence-corrected chi connectivity index (χ3v) is 18.1. The molecule has 0 saturated heterocycles. The van der Waals surface area contributed by atoms with Crippen LogP contribution < -0.4 is 10.9 Å². The van der Waals surface area contributed by atoms with Gasteiger partial charge in [0.1, 0.15) is 0 Å². The van der Waals surface area contributed by atoms with Crippen LogP contribution >= 0.6 is 68.5 Å². The smallest absolute Gasteiger partial charge is 0.196 e. The number of aryl methyl sites for hydroxylation is 2. The molecule has 0 aliphatic carbocycles. The molecule has 10 heteroatoms. The van der Waals surface area contributed by atoms with Gasteiger partial charge in [-0.1, -0.05) is 179 Å². The number of halogens is 2. The third-order valence-electron chi connectivity index (χ3n) is 12.2. The fourth-order valence-corrected chi connectivity index (χ4v) is 14.5. The molecule has 0 amide bonds. The Hall–Kier alpha value is -6.10. The molecular weight excluding hydrogens is 924 g/mol. The van der Waals surface area contributed by atoms with Crippen molar-refractivity contribution in [3.05, 3.63) is 210 Å². The van der Waals surface area contributed by atoms with Crippen LogP contribution in [0.2, 0.25) is 10.0 Å². The molecule has 0 aliphatic rings. The van der Waals surface area contributed by atoms with Crippen molar-refractivity contribution in [3.8, 4) is 53.3 Å². The molecule has 0 spiro atoms. The van der Waals surface area contributed by atoms with Gasteiger partial charge in [-0.15, -0.1) is 22.7 Å². The SMILES string of the molecule is Cc1c2sc(-c3ccccc3)c(-c3ccccc3)c2cc2c(=O)c(C(c3cccc(Cl)c3Cl)c3c(O)sc4c(C)c5sc(-c6ccccc6)c(-c6ccccc6)c5cc4c3=O)c(O)sc12. The zero-order chi connectivity index (χ0) is 44.7. The van der Waals surface area contributed by atoms with Gasteiger partial charge in [0.15, 0.2) is 21.0 Å². The van der Waals surface area contributed by atoms with Crippen molar-refractivity contribution in [2.75, 3.05) is 0 Å². The summed E-state index contributed by atoms with van der Waals surface area (Å²) in [7, 11) is 0. The van der Waals surface area contributed by atoms with Crippen LogP contribution in [0.1, 0.15) is 33.7 Å². The molecule has 0 bridgehead atoms. The number of rotatable bonds is 7. The number of benzene rings is 7. The summed E-state index contributed by atoms with van der Waals surface area (Å²) in [5, 5.41) is 26.9. The molecule has 0 radical (unpaired) electrons. The average Bonchev–Trinajstić information content (AvgIpc) is 3.92. The largest absolute Gasteiger partial charge is 0.499 e. The second-order valence-electron chi connectivity index (χ2n) is 16.0. The van der Waals surface area contributed by atoms with Crippen LogP contribution in [0.5, 0.6) is 10.1 Å². The van der Waals surface area contributed by atoms with Gasteiger partial charge >= 0.3 is 0 Å². The van der Waals surface area contributed by atoms with Gasteiger partial charge in [0, 0.05) is 61.2 Å². The van der Waals surface area contributed by atoms with E-state index < -0.39 is 16.8 Å². The standard InChI is InChI=1S/C55H34Cl2O4S4/c1-28-48-35(40(30-16-7-3-8-17-30)52(62-48)32-20-11-5-12-21-32)26-37-46(58)43(54(60)64-50(28)37)42(34-24-15-25-39(56)45(34)57)44-47(59)38-27-36-41(31-18-9-4-10-19-31)53(33-22-13-6-14-23-33)63-49(36)29(2)51(38)65-55(44)61/h3-27,42,60-61H,1-2H3. The van der Waals surface area contributed by atoms with E-state index in [0.717, 1.165) is 97.1 Å². The van der Waals surface area contributed by atoms with Crippen LogP contribution in [0, 0.1) is 13.8 Å². The molecule has 0 unspecified atom stereocenters. The summed E-state index contributed by atoms with van der Waals surface area (Å²) in [5.74, 6) is -1.29. The van der Waals surface area contributed by atoms with E-state index in [2.05, 4.69) is 48.5 Å². The highest BCUT2D eigenvalue weighted by Gasteiger charge is 2.34. The molecule has 316 valence electrons. The first-order valence-electron chi connectivity index (χ1n) is 20.8. The van der Waals surface area contributed by atoms with E-state index in [1.807, 2.05) is 98.8 Å². The second kappa shape index (κ2) is 16.4. The molecular formula is C55H34Cl2O4S4. The predicted octanol–water partition coefficient (Wildman–Crippen LogP) is 16.4. The van der Waals surface area contributed by atoms with Crippen LogP contribution in [-0.2, 0) is 0 Å². The van der Waals surface area contributed by atoms with Crippen LogP contribution in [0.3, 0.4) is 0 Å². The minimum absolute atomic E-state index is 0.0613. The van der Waals surface area contributed by atoms with Gasteiger partial charge in [-0.05, 0) is 71.0 Å². The van der Waals surface area contributed by atoms with Crippen LogP contribution in [0.4, 0.5) is 0 Å². The Balaban J connectivity index is 1.21. The van der Waals surface area contributed by atoms with Crippen molar-refractivity contribution in [3.63, 3.8) is 0 Å². The maximum Gasteiger partial charge on any atom is 0.196 e. The number of hydrogen-bond donors (Lipinski definition) is 2. The van der Waals surface area contributed by atoms with Crippen molar-refractivity contribution < 1.29 is 10.2 Å². The van der Waals surface area contributed by atoms with Crippen molar-refractivity contribution in [2.24, 2.45) is 0 Å². The van der Waals surface area contributed by atoms with Crippen LogP contribution in [0.25, 0.3) is 83.5 Å². The van der Waals surface area contributed by atoms with Crippen molar-refractivity contribution in [2.45, 2.75) is 19.8 Å². The summed E-state index contributed by atoms with van der Waals surface area (Å²) in [4.78, 5) is 33.1. The van der Waals surface area contributed by atoms with Crippen LogP contribution in [-0.4, -0.2) is 10.2 Å². The highest BCUT2D eigenvalue weighted by Crippen LogP contribution is 2.52. The Kier molecular flexibility index (Phi) is 10.5. The maximum absolute atomic E-state index is 15.5. The molecule has 0 aliphatic heterocycles. The monoisotopic (exact) mass is 956 g/mol. The zero-order valence-electron chi connectivity index (χ0n) is 34.6. The summed E-state index contributed by atoms with van der Waals surface area (Å²) < 4.78 is 3.27. The topological polar surface area (TPSA) is 74.6 Å². The van der Waals surface area contributed by atoms with E-state index in [0.29, 0.717) is 25.7 Å². The predicted molar refractivity (Wildman–Crippen MR) is 279 cm³/mol. The lowest BCUT2D eigenvalue weighted by atomic mass is 9.85. The molecule has 11 aromatic rings. The Morgan fingerprint density at radius 3 is 1.22 bits per heavy atom. The van der Waals surface area contributed by atoms with Crippen LogP contribution in [0.15, 0.2) is 161 Å². The maximum atomic E-state index is 15.5. The average molecular weight is 958 g/mol. The first kappa shape index (κ1) is 41.6. The highest BCUT2D eigenvalue weighted by molar-refractivity contribution is 7.25. The normalized spacial score (nSPS) is 11.8. The van der Waals surface area contributed by atoms with E-state index >= 15 is 9.59 Å². The lowest BCUT2D eigenvalue weighted by Gasteiger charge is -2.22. The summed E-state index contributed by atoms with van der Waals surface area (Å²) in [5.41, 5.74) is 7.11. The molecule has 7 aromatic carbocycles. The molecule has 4 heterocycles. The minimum Gasteiger partial charge on any atom is -0.499 e. The summed E-state index contributed by atoms with van der Waals surface area (Å²) in [6, 6.07) is 49.5. The molecule has 0 atom stereocenters. The lowest BCUT2D eigenvalue weighted by Crippen LogP contribution is -2.22. The Morgan fingerprint density at radius 2 is 0.815 bits per heavy atom. The molecule has 0 saturated carbocycles. The summed E-state index contributed by atoms with van der Waals surface area (Å²) in [6.07, 6.45) is 0. The van der Waals surface area contributed by atoms with Gasteiger partial charge in [0.05, 0.1) is 27.1 Å². The molecule has 65 heavy (non-hydrogen) atoms. The second-order valence-corrected chi connectivity index (χ2v) is 20.8. The molecule has 2 N–H and O–H groups in total.